The van der Waals surface area contributed by atoms with Crippen LogP contribution in [0.5, 0.6) is 0 Å². The molecular formula is C11H25N3O2S. The highest BCUT2D eigenvalue weighted by atomic mass is 32.2. The van der Waals surface area contributed by atoms with E-state index in [9.17, 15) is 8.42 Å². The lowest BCUT2D eigenvalue weighted by Gasteiger charge is -2.32. The third-order valence-corrected chi connectivity index (χ3v) is 5.16. The van der Waals surface area contributed by atoms with Crippen LogP contribution in [0.3, 0.4) is 0 Å². The molecule has 102 valence electrons. The van der Waals surface area contributed by atoms with Crippen molar-refractivity contribution in [3.05, 3.63) is 0 Å². The standard InChI is InChI=1S/C11H25N3O2S/c1-4-7-12-10-11-5-8-14(9-6-11)17(15,16)13(2)3/h11-12H,4-10H2,1-3H3. The molecule has 0 aromatic heterocycles. The Kier molecular flexibility index (Phi) is 5.85. The Morgan fingerprint density at radius 2 is 1.88 bits per heavy atom. The molecule has 1 aliphatic rings. The molecule has 0 spiro atoms. The van der Waals surface area contributed by atoms with Crippen molar-refractivity contribution in [2.75, 3.05) is 40.3 Å². The lowest BCUT2D eigenvalue weighted by molar-refractivity contribution is 0.257. The van der Waals surface area contributed by atoms with Crippen molar-refractivity contribution in [2.45, 2.75) is 26.2 Å². The predicted molar refractivity (Wildman–Crippen MR) is 70.1 cm³/mol. The van der Waals surface area contributed by atoms with E-state index in [0.717, 1.165) is 32.4 Å². The van der Waals surface area contributed by atoms with Crippen molar-refractivity contribution >= 4 is 10.2 Å². The Hall–Kier alpha value is -0.170. The van der Waals surface area contributed by atoms with Crippen molar-refractivity contribution < 1.29 is 8.42 Å². The first kappa shape index (κ1) is 14.9. The monoisotopic (exact) mass is 263 g/mol. The largest absolute Gasteiger partial charge is 0.316 e. The molecule has 6 heteroatoms. The van der Waals surface area contributed by atoms with Gasteiger partial charge in [0.25, 0.3) is 10.2 Å². The summed E-state index contributed by atoms with van der Waals surface area (Å²) in [7, 11) is -0.0272. The second kappa shape index (κ2) is 6.68. The summed E-state index contributed by atoms with van der Waals surface area (Å²) in [6.45, 7) is 5.52. The van der Waals surface area contributed by atoms with Gasteiger partial charge in [0.1, 0.15) is 0 Å². The SMILES string of the molecule is CCCNCC1CCN(S(=O)(=O)N(C)C)CC1. The van der Waals surface area contributed by atoms with Gasteiger partial charge in [-0.05, 0) is 38.3 Å². The number of piperidine rings is 1. The third-order valence-electron chi connectivity index (χ3n) is 3.22. The molecule has 1 N–H and O–H groups in total. The summed E-state index contributed by atoms with van der Waals surface area (Å²) in [5, 5.41) is 3.40. The summed E-state index contributed by atoms with van der Waals surface area (Å²) >= 11 is 0. The molecule has 17 heavy (non-hydrogen) atoms. The Morgan fingerprint density at radius 1 is 1.29 bits per heavy atom. The molecule has 1 saturated heterocycles. The Morgan fingerprint density at radius 3 is 2.35 bits per heavy atom. The van der Waals surface area contributed by atoms with E-state index in [2.05, 4.69) is 12.2 Å². The fraction of sp³-hybridized carbons (Fsp3) is 1.00. The molecule has 0 unspecified atom stereocenters. The zero-order valence-electron chi connectivity index (χ0n) is 11.1. The molecule has 1 rings (SSSR count). The highest BCUT2D eigenvalue weighted by Crippen LogP contribution is 2.19. The Balaban J connectivity index is 2.36. The van der Waals surface area contributed by atoms with Crippen LogP contribution >= 0.6 is 0 Å². The van der Waals surface area contributed by atoms with Crippen LogP contribution in [-0.4, -0.2) is 57.3 Å². The van der Waals surface area contributed by atoms with Crippen LogP contribution in [-0.2, 0) is 10.2 Å². The first-order valence-electron chi connectivity index (χ1n) is 6.36. The summed E-state index contributed by atoms with van der Waals surface area (Å²) in [5.74, 6) is 0.621. The molecule has 0 saturated carbocycles. The fourth-order valence-electron chi connectivity index (χ4n) is 2.06. The first-order valence-corrected chi connectivity index (χ1v) is 7.76. The quantitative estimate of drug-likeness (QED) is 0.710. The van der Waals surface area contributed by atoms with Crippen LogP contribution in [0.25, 0.3) is 0 Å². The number of hydrogen-bond donors (Lipinski definition) is 1. The number of rotatable bonds is 6. The minimum atomic E-state index is -3.20. The summed E-state index contributed by atoms with van der Waals surface area (Å²) in [4.78, 5) is 0. The van der Waals surface area contributed by atoms with Gasteiger partial charge in [-0.1, -0.05) is 6.92 Å². The topological polar surface area (TPSA) is 52.7 Å². The molecule has 5 nitrogen and oxygen atoms in total. The van der Waals surface area contributed by atoms with Crippen molar-refractivity contribution in [2.24, 2.45) is 5.92 Å². The number of hydrogen-bond acceptors (Lipinski definition) is 3. The van der Waals surface area contributed by atoms with Gasteiger partial charge < -0.3 is 5.32 Å². The van der Waals surface area contributed by atoms with Crippen molar-refractivity contribution in [3.8, 4) is 0 Å². The molecule has 1 aliphatic heterocycles. The smallest absolute Gasteiger partial charge is 0.281 e. The minimum absolute atomic E-state index is 0.621. The third kappa shape index (κ3) is 4.21. The number of nitrogens with one attached hydrogen (secondary N) is 1. The van der Waals surface area contributed by atoms with Gasteiger partial charge >= 0.3 is 0 Å². The molecular weight excluding hydrogens is 238 g/mol. The van der Waals surface area contributed by atoms with E-state index >= 15 is 0 Å². The molecule has 1 fully saturated rings. The van der Waals surface area contributed by atoms with Gasteiger partial charge in [-0.15, -0.1) is 0 Å². The van der Waals surface area contributed by atoms with Gasteiger partial charge in [-0.2, -0.15) is 17.0 Å². The summed E-state index contributed by atoms with van der Waals surface area (Å²) in [6, 6.07) is 0. The second-order valence-corrected chi connectivity index (χ2v) is 6.98. The molecule has 0 bridgehead atoms. The van der Waals surface area contributed by atoms with E-state index in [0.29, 0.717) is 19.0 Å². The molecule has 0 atom stereocenters. The first-order chi connectivity index (χ1) is 7.98. The van der Waals surface area contributed by atoms with Crippen molar-refractivity contribution in [1.29, 1.82) is 0 Å². The summed E-state index contributed by atoms with van der Waals surface area (Å²) in [5.41, 5.74) is 0. The zero-order chi connectivity index (χ0) is 12.9. The lowest BCUT2D eigenvalue weighted by atomic mass is 9.98. The average molecular weight is 263 g/mol. The van der Waals surface area contributed by atoms with Crippen LogP contribution in [0.4, 0.5) is 0 Å². The maximum Gasteiger partial charge on any atom is 0.281 e. The second-order valence-electron chi connectivity index (χ2n) is 4.84. The highest BCUT2D eigenvalue weighted by Gasteiger charge is 2.29. The van der Waals surface area contributed by atoms with Crippen LogP contribution in [0.1, 0.15) is 26.2 Å². The Bertz CT molecular complexity index is 309. The molecule has 0 aliphatic carbocycles. The predicted octanol–water partition coefficient (Wildman–Crippen LogP) is 0.504. The van der Waals surface area contributed by atoms with E-state index in [1.165, 1.54) is 4.31 Å². The maximum absolute atomic E-state index is 11.9. The van der Waals surface area contributed by atoms with Gasteiger partial charge in [0.05, 0.1) is 0 Å². The molecule has 1 heterocycles. The van der Waals surface area contributed by atoms with Crippen molar-refractivity contribution in [3.63, 3.8) is 0 Å². The van der Waals surface area contributed by atoms with E-state index in [1.54, 1.807) is 18.4 Å². The molecule has 0 aromatic rings. The Labute approximate surface area is 105 Å². The van der Waals surface area contributed by atoms with Gasteiger partial charge in [0.15, 0.2) is 0 Å². The van der Waals surface area contributed by atoms with E-state index in [-0.39, 0.29) is 0 Å². The maximum atomic E-state index is 11.9. The minimum Gasteiger partial charge on any atom is -0.316 e. The normalized spacial score (nSPS) is 20.0. The highest BCUT2D eigenvalue weighted by molar-refractivity contribution is 7.86. The number of nitrogens with zero attached hydrogens (tertiary/aromatic N) is 2. The van der Waals surface area contributed by atoms with E-state index in [4.69, 9.17) is 0 Å². The van der Waals surface area contributed by atoms with E-state index < -0.39 is 10.2 Å². The fourth-order valence-corrected chi connectivity index (χ4v) is 3.19. The van der Waals surface area contributed by atoms with Crippen LogP contribution in [0.2, 0.25) is 0 Å². The summed E-state index contributed by atoms with van der Waals surface area (Å²) < 4.78 is 26.7. The van der Waals surface area contributed by atoms with E-state index in [1.807, 2.05) is 0 Å². The summed E-state index contributed by atoms with van der Waals surface area (Å²) in [6.07, 6.45) is 3.07. The van der Waals surface area contributed by atoms with Gasteiger partial charge in [-0.25, -0.2) is 0 Å². The average Bonchev–Trinajstić information content (AvgIpc) is 2.30. The lowest BCUT2D eigenvalue weighted by Crippen LogP contribution is -2.45. The van der Waals surface area contributed by atoms with Crippen LogP contribution in [0, 0.1) is 5.92 Å². The molecule has 0 aromatic carbocycles. The van der Waals surface area contributed by atoms with Crippen LogP contribution in [0.15, 0.2) is 0 Å². The van der Waals surface area contributed by atoms with Crippen LogP contribution < -0.4 is 5.32 Å². The van der Waals surface area contributed by atoms with Crippen molar-refractivity contribution in [1.82, 2.24) is 13.9 Å². The zero-order valence-corrected chi connectivity index (χ0v) is 12.0. The van der Waals surface area contributed by atoms with Gasteiger partial charge in [0, 0.05) is 27.2 Å². The van der Waals surface area contributed by atoms with Gasteiger partial charge in [0.2, 0.25) is 0 Å². The molecule has 0 radical (unpaired) electrons. The van der Waals surface area contributed by atoms with Gasteiger partial charge in [-0.3, -0.25) is 0 Å². The molecule has 0 amide bonds.